The summed E-state index contributed by atoms with van der Waals surface area (Å²) in [5, 5.41) is 0. The smallest absolute Gasteiger partial charge is 1.00 e. The van der Waals surface area contributed by atoms with Crippen LogP contribution < -0.4 is 24.0 Å². The third-order valence-electron chi connectivity index (χ3n) is 0.354. The molecule has 0 fully saturated rings. The molecule has 0 heterocycles. The Bertz CT molecular complexity index is 9.51. The maximum Gasteiger partial charge on any atom is 2.00 e. The van der Waals surface area contributed by atoms with Crippen LogP contribution in [-0.2, 0) is 0 Å². The molecule has 0 bridgehead atoms. The van der Waals surface area contributed by atoms with E-state index >= 15 is 0 Å². The Balaban J connectivity index is -0.0000000450. The van der Waals surface area contributed by atoms with E-state index in [9.17, 15) is 0 Å². The predicted molar refractivity (Wildman–Crippen MR) is 26.0 cm³/mol. The molecule has 0 spiro atoms. The van der Waals surface area contributed by atoms with Gasteiger partial charge in [0.05, 0.1) is 0 Å². The van der Waals surface area contributed by atoms with Crippen molar-refractivity contribution in [1.82, 2.24) is 0 Å². The number of unbranched alkanes of at least 4 members (excludes halogenated alkanes) is 1. The molecule has 0 amide bonds. The third-order valence-corrected chi connectivity index (χ3v) is 0.354. The van der Waals surface area contributed by atoms with Gasteiger partial charge in [0.2, 0.25) is 0 Å². The van der Waals surface area contributed by atoms with Gasteiger partial charge in [0, 0.05) is 0 Å². The van der Waals surface area contributed by atoms with Gasteiger partial charge < -0.3 is 30.9 Å². The van der Waals surface area contributed by atoms with Crippen LogP contribution in [0.5, 0.6) is 0 Å². The molecule has 0 aliphatic heterocycles. The van der Waals surface area contributed by atoms with Gasteiger partial charge in [-0.05, 0) is 0 Å². The first kappa shape index (κ1) is 15.7. The fourth-order valence-corrected chi connectivity index (χ4v) is 0. The molecule has 0 aromatic heterocycles. The molecule has 0 aromatic rings. The van der Waals surface area contributed by atoms with Crippen LogP contribution in [0.2, 0.25) is 0 Å². The van der Waals surface area contributed by atoms with Crippen molar-refractivity contribution in [2.24, 2.45) is 0 Å². The van der Waals surface area contributed by atoms with E-state index in [1.165, 1.54) is 6.42 Å². The van der Waals surface area contributed by atoms with Crippen molar-refractivity contribution in [2.75, 3.05) is 0 Å². The molecule has 0 atom stereocenters. The normalized spacial score (nSPS) is 5.00. The van der Waals surface area contributed by atoms with Gasteiger partial charge in [0.15, 0.2) is 0 Å². The minimum atomic E-state index is 0. The van der Waals surface area contributed by atoms with Crippen LogP contribution >= 0.6 is 0 Å². The van der Waals surface area contributed by atoms with Gasteiger partial charge in [-0.25, -0.2) is 0 Å². The maximum atomic E-state index is 3.60. The first-order valence-corrected chi connectivity index (χ1v) is 1.71. The first-order valence-electron chi connectivity index (χ1n) is 1.71. The molecule has 0 aliphatic rings. The molecule has 34 valence electrons. The molecule has 0 N–H and O–H groups in total. The van der Waals surface area contributed by atoms with E-state index in [0.29, 0.717) is 0 Å². The molecule has 0 saturated heterocycles. The number of halogens is 1. The van der Waals surface area contributed by atoms with Crippen molar-refractivity contribution in [3.05, 3.63) is 6.92 Å². The van der Waals surface area contributed by atoms with E-state index in [0.717, 1.165) is 6.42 Å². The summed E-state index contributed by atoms with van der Waals surface area (Å²) in [6, 6.07) is 0. The van der Waals surface area contributed by atoms with E-state index < -0.39 is 0 Å². The van der Waals surface area contributed by atoms with E-state index in [1.54, 1.807) is 0 Å². The number of hydrogen-bond acceptors (Lipinski definition) is 0. The van der Waals surface area contributed by atoms with Gasteiger partial charge in [0.1, 0.15) is 0 Å². The second-order valence-corrected chi connectivity index (χ2v) is 0.854. The Hall–Kier alpha value is 2.30. The Labute approximate surface area is 97.6 Å². The Morgan fingerprint density at radius 1 is 1.50 bits per heavy atom. The molecule has 0 unspecified atom stereocenters. The van der Waals surface area contributed by atoms with Crippen molar-refractivity contribution in [3.8, 4) is 0 Å². The van der Waals surface area contributed by atoms with Gasteiger partial charge in [-0.3, -0.25) is 0 Å². The van der Waals surface area contributed by atoms with Crippen LogP contribution in [0.3, 0.4) is 0 Å². The first-order chi connectivity index (χ1) is 1.91. The van der Waals surface area contributed by atoms with Crippen molar-refractivity contribution >= 4 is 48.9 Å². The molecule has 6 heavy (non-hydrogen) atoms. The molecular formula is C4H9BaI. The Morgan fingerprint density at radius 3 is 1.67 bits per heavy atom. The summed E-state index contributed by atoms with van der Waals surface area (Å²) in [6.45, 7) is 5.72. The van der Waals surface area contributed by atoms with Crippen molar-refractivity contribution in [1.29, 1.82) is 0 Å². The third kappa shape index (κ3) is 16.2. The SMILES string of the molecule is [Ba+2].[CH2-]CCC.[I-]. The van der Waals surface area contributed by atoms with Gasteiger partial charge in [-0.15, -0.1) is 0 Å². The minimum Gasteiger partial charge on any atom is -1.00 e. The molecule has 0 rings (SSSR count). The average Bonchev–Trinajstić information content (AvgIpc) is 1.37. The fourth-order valence-electron chi connectivity index (χ4n) is 0. The van der Waals surface area contributed by atoms with Crippen LogP contribution in [0, 0.1) is 6.92 Å². The molecule has 0 radical (unpaired) electrons. The largest absolute Gasteiger partial charge is 2.00 e. The second kappa shape index (κ2) is 15.7. The zero-order valence-corrected chi connectivity index (χ0v) is 10.8. The molecule has 0 nitrogen and oxygen atoms in total. The topological polar surface area (TPSA) is 0 Å². The Morgan fingerprint density at radius 2 is 1.67 bits per heavy atom. The number of hydrogen-bond donors (Lipinski definition) is 0. The minimum absolute atomic E-state index is 0. The van der Waals surface area contributed by atoms with Crippen LogP contribution in [0.15, 0.2) is 0 Å². The van der Waals surface area contributed by atoms with E-state index in [-0.39, 0.29) is 72.9 Å². The molecule has 2 heteroatoms. The average molecular weight is 321 g/mol. The Kier molecular flexibility index (Phi) is 41.1. The fraction of sp³-hybridized carbons (Fsp3) is 0.750. The van der Waals surface area contributed by atoms with Crippen molar-refractivity contribution in [2.45, 2.75) is 19.8 Å². The summed E-state index contributed by atoms with van der Waals surface area (Å²) in [4.78, 5) is 0. The van der Waals surface area contributed by atoms with Gasteiger partial charge in [-0.1, -0.05) is 13.3 Å². The van der Waals surface area contributed by atoms with Gasteiger partial charge in [0.25, 0.3) is 0 Å². The van der Waals surface area contributed by atoms with Crippen LogP contribution in [-0.4, -0.2) is 48.9 Å². The zero-order chi connectivity index (χ0) is 3.41. The summed E-state index contributed by atoms with van der Waals surface area (Å²) in [7, 11) is 0. The van der Waals surface area contributed by atoms with E-state index in [1.807, 2.05) is 0 Å². The quantitative estimate of drug-likeness (QED) is 0.305. The molecular weight excluding hydrogens is 312 g/mol. The van der Waals surface area contributed by atoms with E-state index in [2.05, 4.69) is 13.8 Å². The van der Waals surface area contributed by atoms with Crippen LogP contribution in [0.4, 0.5) is 0 Å². The van der Waals surface area contributed by atoms with Crippen molar-refractivity contribution < 1.29 is 24.0 Å². The summed E-state index contributed by atoms with van der Waals surface area (Å²) < 4.78 is 0. The zero-order valence-electron chi connectivity index (χ0n) is 4.21. The summed E-state index contributed by atoms with van der Waals surface area (Å²) >= 11 is 0. The van der Waals surface area contributed by atoms with Gasteiger partial charge in [-0.2, -0.15) is 6.42 Å². The standard InChI is InChI=1S/C4H9.Ba.HI/c1-3-4-2;;/h1,3-4H2,2H3;;1H/q-1;+2;/p-1. The van der Waals surface area contributed by atoms with E-state index in [4.69, 9.17) is 0 Å². The number of rotatable bonds is 1. The van der Waals surface area contributed by atoms with Crippen molar-refractivity contribution in [3.63, 3.8) is 0 Å². The molecule has 0 aromatic carbocycles. The summed E-state index contributed by atoms with van der Waals surface area (Å²) in [5.74, 6) is 0. The summed E-state index contributed by atoms with van der Waals surface area (Å²) in [5.41, 5.74) is 0. The molecule has 0 aliphatic carbocycles. The molecule has 0 saturated carbocycles. The van der Waals surface area contributed by atoms with Crippen LogP contribution in [0.25, 0.3) is 0 Å². The second-order valence-electron chi connectivity index (χ2n) is 0.854. The monoisotopic (exact) mass is 322 g/mol. The van der Waals surface area contributed by atoms with Crippen LogP contribution in [0.1, 0.15) is 19.8 Å². The van der Waals surface area contributed by atoms with Gasteiger partial charge >= 0.3 is 48.9 Å². The predicted octanol–water partition coefficient (Wildman–Crippen LogP) is -1.76. The maximum absolute atomic E-state index is 3.60. The summed E-state index contributed by atoms with van der Waals surface area (Å²) in [6.07, 6.45) is 2.28.